The molecule has 0 radical (unpaired) electrons. The van der Waals surface area contributed by atoms with E-state index in [-0.39, 0.29) is 11.9 Å². The van der Waals surface area contributed by atoms with Crippen LogP contribution in [0.3, 0.4) is 0 Å². The van der Waals surface area contributed by atoms with Gasteiger partial charge >= 0.3 is 6.09 Å². The van der Waals surface area contributed by atoms with E-state index in [2.05, 4.69) is 10.6 Å². The average Bonchev–Trinajstić information content (AvgIpc) is 3.24. The average molecular weight is 365 g/mol. The lowest BCUT2D eigenvalue weighted by atomic mass is 9.92. The molecule has 0 saturated heterocycles. The Morgan fingerprint density at radius 3 is 2.64 bits per heavy atom. The largest absolute Gasteiger partial charge is 0.444 e. The van der Waals surface area contributed by atoms with Gasteiger partial charge in [-0.05, 0) is 64.4 Å². The van der Waals surface area contributed by atoms with Crippen LogP contribution in [0, 0.1) is 5.92 Å². The van der Waals surface area contributed by atoms with Crippen molar-refractivity contribution in [2.24, 2.45) is 11.7 Å². The Kier molecular flexibility index (Phi) is 5.06. The van der Waals surface area contributed by atoms with E-state index in [9.17, 15) is 9.59 Å². The lowest BCUT2D eigenvalue weighted by Gasteiger charge is -2.20. The Bertz CT molecular complexity index is 674. The molecule has 1 atom stereocenters. The summed E-state index contributed by atoms with van der Waals surface area (Å²) in [5, 5.41) is 6.36. The Labute approximate surface area is 152 Å². The standard InChI is InChI=1S/C18H27N3O3S/c1-18(2,3)24-17(23)21-16-14(15(22)20-9-10-4-5-10)12-8-11(19)6-7-13(12)25-16/h10-11H,4-9,19H2,1-3H3,(H,20,22)(H,21,23)/t11-/m0/s1. The third-order valence-corrected chi connectivity index (χ3v) is 5.60. The number of anilines is 1. The van der Waals surface area contributed by atoms with Gasteiger partial charge in [-0.25, -0.2) is 4.79 Å². The summed E-state index contributed by atoms with van der Waals surface area (Å²) in [5.74, 6) is 0.479. The second-order valence-electron chi connectivity index (χ2n) is 7.99. The summed E-state index contributed by atoms with van der Waals surface area (Å²) in [4.78, 5) is 26.1. The fraction of sp³-hybridized carbons (Fsp3) is 0.667. The molecule has 2 amide bonds. The molecule has 138 valence electrons. The van der Waals surface area contributed by atoms with E-state index in [0.717, 1.165) is 23.3 Å². The van der Waals surface area contributed by atoms with Crippen LogP contribution in [0.15, 0.2) is 0 Å². The minimum absolute atomic E-state index is 0.0615. The molecule has 1 fully saturated rings. The molecule has 0 bridgehead atoms. The smallest absolute Gasteiger partial charge is 0.412 e. The molecule has 6 nitrogen and oxygen atoms in total. The molecule has 1 heterocycles. The van der Waals surface area contributed by atoms with Gasteiger partial charge in [-0.15, -0.1) is 11.3 Å². The molecule has 0 spiro atoms. The summed E-state index contributed by atoms with van der Waals surface area (Å²) in [7, 11) is 0. The SMILES string of the molecule is CC(C)(C)OC(=O)Nc1sc2c(c1C(=O)NCC1CC1)C[C@@H](N)CC2. The lowest BCUT2D eigenvalue weighted by Crippen LogP contribution is -2.32. The van der Waals surface area contributed by atoms with Crippen LogP contribution in [0.25, 0.3) is 0 Å². The number of fused-ring (bicyclic) bond motifs is 1. The first-order valence-electron chi connectivity index (χ1n) is 8.91. The van der Waals surface area contributed by atoms with E-state index in [4.69, 9.17) is 10.5 Å². The number of amides is 2. The third-order valence-electron chi connectivity index (χ3n) is 4.39. The molecule has 0 aliphatic heterocycles. The van der Waals surface area contributed by atoms with Crippen molar-refractivity contribution in [2.45, 2.75) is 64.5 Å². The number of carbonyl (C=O) groups is 2. The van der Waals surface area contributed by atoms with E-state index >= 15 is 0 Å². The monoisotopic (exact) mass is 365 g/mol. The number of ether oxygens (including phenoxy) is 1. The zero-order valence-electron chi connectivity index (χ0n) is 15.1. The van der Waals surface area contributed by atoms with Crippen LogP contribution < -0.4 is 16.4 Å². The molecule has 1 aromatic rings. The van der Waals surface area contributed by atoms with Crippen LogP contribution in [0.4, 0.5) is 9.80 Å². The van der Waals surface area contributed by atoms with E-state index in [1.807, 2.05) is 20.8 Å². The van der Waals surface area contributed by atoms with Crippen molar-refractivity contribution in [1.82, 2.24) is 5.32 Å². The topological polar surface area (TPSA) is 93.4 Å². The normalized spacial score (nSPS) is 19.9. The summed E-state index contributed by atoms with van der Waals surface area (Å²) in [5.41, 5.74) is 7.08. The number of hydrogen-bond donors (Lipinski definition) is 3. The second kappa shape index (κ2) is 6.96. The van der Waals surface area contributed by atoms with E-state index in [0.29, 0.717) is 29.4 Å². The maximum Gasteiger partial charge on any atom is 0.412 e. The Morgan fingerprint density at radius 2 is 2.00 bits per heavy atom. The van der Waals surface area contributed by atoms with Crippen molar-refractivity contribution in [2.75, 3.05) is 11.9 Å². The molecule has 2 aliphatic rings. The first-order chi connectivity index (χ1) is 11.7. The van der Waals surface area contributed by atoms with Crippen LogP contribution in [0.2, 0.25) is 0 Å². The molecule has 1 aromatic heterocycles. The van der Waals surface area contributed by atoms with Gasteiger partial charge in [0.05, 0.1) is 5.56 Å². The van der Waals surface area contributed by atoms with Gasteiger partial charge in [-0.2, -0.15) is 0 Å². The highest BCUT2D eigenvalue weighted by Crippen LogP contribution is 2.38. The van der Waals surface area contributed by atoms with E-state index < -0.39 is 11.7 Å². The fourth-order valence-corrected chi connectivity index (χ4v) is 4.21. The van der Waals surface area contributed by atoms with Gasteiger partial charge in [0, 0.05) is 17.5 Å². The van der Waals surface area contributed by atoms with Crippen LogP contribution in [0.5, 0.6) is 0 Å². The minimum Gasteiger partial charge on any atom is -0.444 e. The molecule has 3 rings (SSSR count). The van der Waals surface area contributed by atoms with Crippen molar-refractivity contribution in [3.8, 4) is 0 Å². The number of nitrogens with two attached hydrogens (primary N) is 1. The second-order valence-corrected chi connectivity index (χ2v) is 9.10. The highest BCUT2D eigenvalue weighted by Gasteiger charge is 2.30. The third kappa shape index (κ3) is 4.73. The molecule has 4 N–H and O–H groups in total. The molecule has 7 heteroatoms. The highest BCUT2D eigenvalue weighted by atomic mass is 32.1. The Hall–Kier alpha value is -1.60. The number of thiophene rings is 1. The molecule has 25 heavy (non-hydrogen) atoms. The van der Waals surface area contributed by atoms with Gasteiger partial charge in [0.25, 0.3) is 5.91 Å². The molecule has 0 unspecified atom stereocenters. The molecule has 1 saturated carbocycles. The summed E-state index contributed by atoms with van der Waals surface area (Å²) in [6.07, 6.45) is 4.24. The number of carbonyl (C=O) groups excluding carboxylic acids is 2. The van der Waals surface area contributed by atoms with Crippen LogP contribution >= 0.6 is 11.3 Å². The Morgan fingerprint density at radius 1 is 1.28 bits per heavy atom. The van der Waals surface area contributed by atoms with Gasteiger partial charge in [-0.3, -0.25) is 10.1 Å². The summed E-state index contributed by atoms with van der Waals surface area (Å²) < 4.78 is 5.34. The van der Waals surface area contributed by atoms with E-state index in [1.165, 1.54) is 24.2 Å². The maximum atomic E-state index is 12.8. The zero-order chi connectivity index (χ0) is 18.2. The number of hydrogen-bond acceptors (Lipinski definition) is 5. The molecular weight excluding hydrogens is 338 g/mol. The van der Waals surface area contributed by atoms with Crippen LogP contribution in [0.1, 0.15) is 60.8 Å². The number of aryl methyl sites for hydroxylation is 1. The minimum atomic E-state index is -0.586. The summed E-state index contributed by atoms with van der Waals surface area (Å²) in [6.45, 7) is 6.14. The molecule has 0 aromatic carbocycles. The summed E-state index contributed by atoms with van der Waals surface area (Å²) in [6, 6.07) is 0.0615. The number of rotatable bonds is 4. The van der Waals surface area contributed by atoms with Gasteiger partial charge in [0.15, 0.2) is 0 Å². The fourth-order valence-electron chi connectivity index (χ4n) is 2.98. The first-order valence-corrected chi connectivity index (χ1v) is 9.73. The summed E-state index contributed by atoms with van der Waals surface area (Å²) >= 11 is 1.47. The first kappa shape index (κ1) is 18.2. The predicted octanol–water partition coefficient (Wildman–Crippen LogP) is 3.05. The quantitative estimate of drug-likeness (QED) is 0.764. The van der Waals surface area contributed by atoms with Gasteiger partial charge in [-0.1, -0.05) is 0 Å². The lowest BCUT2D eigenvalue weighted by molar-refractivity contribution is 0.0636. The number of nitrogens with one attached hydrogen (secondary N) is 2. The highest BCUT2D eigenvalue weighted by molar-refractivity contribution is 7.17. The zero-order valence-corrected chi connectivity index (χ0v) is 15.9. The van der Waals surface area contributed by atoms with Crippen molar-refractivity contribution < 1.29 is 14.3 Å². The van der Waals surface area contributed by atoms with Crippen LogP contribution in [-0.2, 0) is 17.6 Å². The van der Waals surface area contributed by atoms with Crippen molar-refractivity contribution in [3.05, 3.63) is 16.0 Å². The van der Waals surface area contributed by atoms with Crippen LogP contribution in [-0.4, -0.2) is 30.2 Å². The van der Waals surface area contributed by atoms with Gasteiger partial charge in [0.1, 0.15) is 10.6 Å². The van der Waals surface area contributed by atoms with Crippen molar-refractivity contribution in [3.63, 3.8) is 0 Å². The van der Waals surface area contributed by atoms with Gasteiger partial charge < -0.3 is 15.8 Å². The van der Waals surface area contributed by atoms with Crippen molar-refractivity contribution in [1.29, 1.82) is 0 Å². The predicted molar refractivity (Wildman–Crippen MR) is 99.2 cm³/mol. The van der Waals surface area contributed by atoms with Crippen molar-refractivity contribution >= 4 is 28.3 Å². The Balaban J connectivity index is 1.82. The van der Waals surface area contributed by atoms with E-state index in [1.54, 1.807) is 0 Å². The molecule has 2 aliphatic carbocycles. The maximum absolute atomic E-state index is 12.8. The van der Waals surface area contributed by atoms with Gasteiger partial charge in [0.2, 0.25) is 0 Å². The molecular formula is C18H27N3O3S.